The second-order valence-electron chi connectivity index (χ2n) is 5.24. The SMILES string of the molecule is COc1cc(C(=O)N2C[C@H]3COC[C@@H](C2)C(=O)N3)ccn1. The van der Waals surface area contributed by atoms with Crippen LogP contribution in [0.4, 0.5) is 0 Å². The zero-order valence-electron chi connectivity index (χ0n) is 11.7. The van der Waals surface area contributed by atoms with Crippen molar-refractivity contribution in [3.8, 4) is 5.88 Å². The first-order valence-electron chi connectivity index (χ1n) is 6.85. The molecule has 1 N–H and O–H groups in total. The van der Waals surface area contributed by atoms with Crippen LogP contribution in [0.1, 0.15) is 10.4 Å². The fourth-order valence-corrected chi connectivity index (χ4v) is 2.63. The van der Waals surface area contributed by atoms with Gasteiger partial charge in [0.25, 0.3) is 5.91 Å². The predicted molar refractivity (Wildman–Crippen MR) is 72.9 cm³/mol. The third-order valence-corrected chi connectivity index (χ3v) is 3.71. The van der Waals surface area contributed by atoms with E-state index in [4.69, 9.17) is 9.47 Å². The number of hydrogen-bond acceptors (Lipinski definition) is 5. The zero-order valence-corrected chi connectivity index (χ0v) is 11.7. The lowest BCUT2D eigenvalue weighted by molar-refractivity contribution is -0.125. The van der Waals surface area contributed by atoms with Gasteiger partial charge in [0.2, 0.25) is 11.8 Å². The van der Waals surface area contributed by atoms with Gasteiger partial charge < -0.3 is 19.7 Å². The van der Waals surface area contributed by atoms with Crippen molar-refractivity contribution >= 4 is 11.8 Å². The highest BCUT2D eigenvalue weighted by Gasteiger charge is 2.35. The average Bonchev–Trinajstić information content (AvgIpc) is 2.75. The largest absolute Gasteiger partial charge is 0.481 e. The number of amides is 2. The van der Waals surface area contributed by atoms with Crippen LogP contribution in [0.2, 0.25) is 0 Å². The first kappa shape index (κ1) is 13.8. The van der Waals surface area contributed by atoms with Crippen LogP contribution in [0.15, 0.2) is 18.3 Å². The van der Waals surface area contributed by atoms with Gasteiger partial charge in [0.15, 0.2) is 0 Å². The van der Waals surface area contributed by atoms with Gasteiger partial charge in [-0.15, -0.1) is 0 Å². The van der Waals surface area contributed by atoms with Crippen molar-refractivity contribution < 1.29 is 19.1 Å². The van der Waals surface area contributed by atoms with Crippen molar-refractivity contribution in [2.75, 3.05) is 33.4 Å². The lowest BCUT2D eigenvalue weighted by Crippen LogP contribution is -2.44. The van der Waals surface area contributed by atoms with E-state index < -0.39 is 0 Å². The Morgan fingerprint density at radius 3 is 3.14 bits per heavy atom. The van der Waals surface area contributed by atoms with Crippen LogP contribution in [0.3, 0.4) is 0 Å². The Hall–Kier alpha value is -2.15. The summed E-state index contributed by atoms with van der Waals surface area (Å²) in [6.07, 6.45) is 1.54. The number of nitrogens with one attached hydrogen (secondary N) is 1. The molecule has 7 nitrogen and oxygen atoms in total. The van der Waals surface area contributed by atoms with Gasteiger partial charge in [-0.05, 0) is 6.07 Å². The number of methoxy groups -OCH3 is 1. The average molecular weight is 291 g/mol. The summed E-state index contributed by atoms with van der Waals surface area (Å²) in [6.45, 7) is 1.61. The predicted octanol–water partition coefficient (Wildman–Crippen LogP) is -0.323. The summed E-state index contributed by atoms with van der Waals surface area (Å²) in [5, 5.41) is 2.90. The quantitative estimate of drug-likeness (QED) is 0.807. The van der Waals surface area contributed by atoms with E-state index in [0.717, 1.165) is 0 Å². The van der Waals surface area contributed by atoms with Crippen molar-refractivity contribution in [2.45, 2.75) is 6.04 Å². The molecule has 0 radical (unpaired) electrons. The fourth-order valence-electron chi connectivity index (χ4n) is 2.63. The molecule has 2 fully saturated rings. The molecule has 112 valence electrons. The van der Waals surface area contributed by atoms with E-state index in [-0.39, 0.29) is 23.8 Å². The van der Waals surface area contributed by atoms with Gasteiger partial charge in [-0.25, -0.2) is 4.98 Å². The first-order chi connectivity index (χ1) is 10.2. The summed E-state index contributed by atoms with van der Waals surface area (Å²) in [6, 6.07) is 3.10. The fraction of sp³-hybridized carbons (Fsp3) is 0.500. The number of nitrogens with zero attached hydrogens (tertiary/aromatic N) is 2. The molecule has 0 aliphatic carbocycles. The number of hydrogen-bond donors (Lipinski definition) is 1. The van der Waals surface area contributed by atoms with Gasteiger partial charge in [-0.3, -0.25) is 9.59 Å². The molecule has 1 aromatic heterocycles. The Morgan fingerprint density at radius 2 is 2.33 bits per heavy atom. The van der Waals surface area contributed by atoms with E-state index in [0.29, 0.717) is 37.7 Å². The molecular formula is C14H17N3O4. The van der Waals surface area contributed by atoms with Gasteiger partial charge in [-0.2, -0.15) is 0 Å². The second-order valence-corrected chi connectivity index (χ2v) is 5.24. The molecule has 2 aliphatic rings. The van der Waals surface area contributed by atoms with Crippen LogP contribution in [0.5, 0.6) is 5.88 Å². The van der Waals surface area contributed by atoms with Crippen molar-refractivity contribution in [3.05, 3.63) is 23.9 Å². The molecule has 21 heavy (non-hydrogen) atoms. The molecule has 0 saturated carbocycles. The van der Waals surface area contributed by atoms with Crippen LogP contribution in [-0.4, -0.2) is 61.2 Å². The van der Waals surface area contributed by atoms with Crippen molar-refractivity contribution in [2.24, 2.45) is 5.92 Å². The molecule has 0 unspecified atom stereocenters. The molecule has 2 bridgehead atoms. The Kier molecular flexibility index (Phi) is 3.74. The summed E-state index contributed by atoms with van der Waals surface area (Å²) in [7, 11) is 1.51. The van der Waals surface area contributed by atoms with E-state index in [1.807, 2.05) is 0 Å². The molecule has 2 aliphatic heterocycles. The number of carbonyl (C=O) groups is 2. The third kappa shape index (κ3) is 2.82. The Labute approximate surface area is 122 Å². The second kappa shape index (κ2) is 5.69. The number of pyridine rings is 1. The summed E-state index contributed by atoms with van der Waals surface area (Å²) < 4.78 is 10.5. The number of fused-ring (bicyclic) bond motifs is 3. The number of rotatable bonds is 2. The maximum absolute atomic E-state index is 12.6. The molecule has 0 aromatic carbocycles. The molecule has 2 saturated heterocycles. The summed E-state index contributed by atoms with van der Waals surface area (Å²) in [5.74, 6) is -0.0807. The number of carbonyl (C=O) groups excluding carboxylic acids is 2. The molecule has 3 heterocycles. The zero-order chi connectivity index (χ0) is 14.8. The van der Waals surface area contributed by atoms with Gasteiger partial charge in [0.1, 0.15) is 0 Å². The minimum Gasteiger partial charge on any atom is -0.481 e. The van der Waals surface area contributed by atoms with E-state index in [9.17, 15) is 9.59 Å². The molecular weight excluding hydrogens is 274 g/mol. The van der Waals surface area contributed by atoms with Crippen LogP contribution < -0.4 is 10.1 Å². The topological polar surface area (TPSA) is 80.8 Å². The maximum atomic E-state index is 12.6. The highest BCUT2D eigenvalue weighted by atomic mass is 16.5. The highest BCUT2D eigenvalue weighted by Crippen LogP contribution is 2.17. The van der Waals surface area contributed by atoms with Crippen molar-refractivity contribution in [1.29, 1.82) is 0 Å². The number of ether oxygens (including phenoxy) is 2. The smallest absolute Gasteiger partial charge is 0.254 e. The van der Waals surface area contributed by atoms with Crippen LogP contribution in [0, 0.1) is 5.92 Å². The van der Waals surface area contributed by atoms with Crippen molar-refractivity contribution in [1.82, 2.24) is 15.2 Å². The van der Waals surface area contributed by atoms with Gasteiger partial charge in [0.05, 0.1) is 32.3 Å². The summed E-state index contributed by atoms with van der Waals surface area (Å²) in [4.78, 5) is 30.3. The first-order valence-corrected chi connectivity index (χ1v) is 6.85. The van der Waals surface area contributed by atoms with Gasteiger partial charge in [0, 0.05) is 30.9 Å². The Morgan fingerprint density at radius 1 is 1.48 bits per heavy atom. The minimum atomic E-state index is -0.315. The standard InChI is InChI=1S/C14H17N3O4/c1-20-12-4-9(2-3-15-12)14(19)17-5-10-7-21-8-11(6-17)16-13(10)18/h2-4,10-11H,5-8H2,1H3,(H,16,18)/t10-,11+/m1/s1. The minimum absolute atomic E-state index is 0.0416. The van der Waals surface area contributed by atoms with E-state index >= 15 is 0 Å². The Balaban J connectivity index is 1.82. The monoisotopic (exact) mass is 291 g/mol. The number of aromatic nitrogens is 1. The molecule has 3 rings (SSSR count). The van der Waals surface area contributed by atoms with E-state index in [1.54, 1.807) is 17.0 Å². The normalized spacial score (nSPS) is 25.0. The van der Waals surface area contributed by atoms with Gasteiger partial charge in [-0.1, -0.05) is 0 Å². The Bertz CT molecular complexity index is 563. The van der Waals surface area contributed by atoms with Crippen molar-refractivity contribution in [3.63, 3.8) is 0 Å². The summed E-state index contributed by atoms with van der Waals surface area (Å²) >= 11 is 0. The highest BCUT2D eigenvalue weighted by molar-refractivity contribution is 5.95. The maximum Gasteiger partial charge on any atom is 0.254 e. The third-order valence-electron chi connectivity index (χ3n) is 3.71. The van der Waals surface area contributed by atoms with Crippen LogP contribution in [-0.2, 0) is 9.53 Å². The van der Waals surface area contributed by atoms with E-state index in [2.05, 4.69) is 10.3 Å². The van der Waals surface area contributed by atoms with E-state index in [1.165, 1.54) is 13.3 Å². The lowest BCUT2D eigenvalue weighted by Gasteiger charge is -2.27. The van der Waals surface area contributed by atoms with Crippen LogP contribution in [0.25, 0.3) is 0 Å². The molecule has 0 spiro atoms. The molecule has 7 heteroatoms. The summed E-state index contributed by atoms with van der Waals surface area (Å²) in [5.41, 5.74) is 0.509. The van der Waals surface area contributed by atoms with Gasteiger partial charge >= 0.3 is 0 Å². The molecule has 1 aromatic rings. The molecule has 2 amide bonds. The molecule has 2 atom stereocenters. The van der Waals surface area contributed by atoms with Crippen LogP contribution >= 0.6 is 0 Å². The lowest BCUT2D eigenvalue weighted by atomic mass is 10.1.